The summed E-state index contributed by atoms with van der Waals surface area (Å²) in [5.74, 6) is -1.55. The van der Waals surface area contributed by atoms with Gasteiger partial charge in [0.15, 0.2) is 6.61 Å². The maximum Gasteiger partial charge on any atom is 0.530 e. The number of hydrogen-bond donors (Lipinski definition) is 0. The Bertz CT molecular complexity index is 364. The van der Waals surface area contributed by atoms with E-state index in [0.717, 1.165) is 14.2 Å². The first-order valence-electron chi connectivity index (χ1n) is 4.68. The molecule has 0 fully saturated rings. The molecule has 0 saturated heterocycles. The summed E-state index contributed by atoms with van der Waals surface area (Å²) in [5, 5.41) is 0. The predicted octanol–water partition coefficient (Wildman–Crippen LogP) is 1.02. The molecule has 0 rings (SSSR count). The van der Waals surface area contributed by atoms with Crippen molar-refractivity contribution in [3.8, 4) is 0 Å². The smallest absolute Gasteiger partial charge is 0.469 e. The van der Waals surface area contributed by atoms with E-state index in [1.807, 2.05) is 0 Å². The molecule has 1 unspecified atom stereocenters. The minimum absolute atomic E-state index is 0.170. The van der Waals surface area contributed by atoms with Crippen molar-refractivity contribution in [1.29, 1.82) is 0 Å². The van der Waals surface area contributed by atoms with Crippen molar-refractivity contribution in [3.63, 3.8) is 0 Å². The SMILES string of the molecule is C=C(CC(=O)OC)OP(=O)(OC)OCC(=O)OC. The molecule has 0 spiro atoms. The minimum atomic E-state index is -4.00. The van der Waals surface area contributed by atoms with Crippen molar-refractivity contribution in [1.82, 2.24) is 0 Å². The molecule has 0 radical (unpaired) electrons. The zero-order valence-electron chi connectivity index (χ0n) is 10.3. The van der Waals surface area contributed by atoms with Crippen LogP contribution in [0.2, 0.25) is 0 Å². The van der Waals surface area contributed by atoms with Crippen LogP contribution in [0.4, 0.5) is 0 Å². The third-order valence-electron chi connectivity index (χ3n) is 1.60. The monoisotopic (exact) mass is 282 g/mol. The van der Waals surface area contributed by atoms with Gasteiger partial charge in [-0.3, -0.25) is 13.8 Å². The quantitative estimate of drug-likeness (QED) is 0.370. The lowest BCUT2D eigenvalue weighted by Crippen LogP contribution is -2.11. The van der Waals surface area contributed by atoms with Gasteiger partial charge in [-0.1, -0.05) is 6.58 Å². The van der Waals surface area contributed by atoms with E-state index in [4.69, 9.17) is 4.52 Å². The molecule has 0 aromatic carbocycles. The summed E-state index contributed by atoms with van der Waals surface area (Å²) in [7, 11) is -0.620. The number of methoxy groups -OCH3 is 2. The summed E-state index contributed by atoms with van der Waals surface area (Å²) in [6, 6.07) is 0. The van der Waals surface area contributed by atoms with Crippen molar-refractivity contribution in [2.75, 3.05) is 27.9 Å². The van der Waals surface area contributed by atoms with Crippen LogP contribution in [0, 0.1) is 0 Å². The normalized spacial score (nSPS) is 13.3. The van der Waals surface area contributed by atoms with Crippen LogP contribution in [0.3, 0.4) is 0 Å². The third-order valence-corrected chi connectivity index (χ3v) is 2.98. The van der Waals surface area contributed by atoms with E-state index in [2.05, 4.69) is 25.1 Å². The lowest BCUT2D eigenvalue weighted by molar-refractivity contribution is -0.144. The predicted molar refractivity (Wildman–Crippen MR) is 59.4 cm³/mol. The van der Waals surface area contributed by atoms with Gasteiger partial charge < -0.3 is 14.0 Å². The van der Waals surface area contributed by atoms with Gasteiger partial charge in [0.1, 0.15) is 12.2 Å². The number of carbonyl (C=O) groups excluding carboxylic acids is 2. The van der Waals surface area contributed by atoms with Crippen molar-refractivity contribution >= 4 is 19.8 Å². The highest BCUT2D eigenvalue weighted by atomic mass is 31.2. The van der Waals surface area contributed by atoms with E-state index in [0.29, 0.717) is 0 Å². The number of phosphoric acid groups is 1. The highest BCUT2D eigenvalue weighted by Crippen LogP contribution is 2.50. The lowest BCUT2D eigenvalue weighted by atomic mass is 10.4. The molecule has 104 valence electrons. The molecule has 0 saturated carbocycles. The molecule has 18 heavy (non-hydrogen) atoms. The Morgan fingerprint density at radius 3 is 2.11 bits per heavy atom. The highest BCUT2D eigenvalue weighted by molar-refractivity contribution is 7.48. The third kappa shape index (κ3) is 6.39. The first kappa shape index (κ1) is 16.6. The standard InChI is InChI=1S/C9H15O8P/c1-7(5-8(10)13-2)17-18(12,15-4)16-6-9(11)14-3/h1,5-6H2,2-4H3. The summed E-state index contributed by atoms with van der Waals surface area (Å²) < 4.78 is 34.4. The number of ether oxygens (including phenoxy) is 2. The Kier molecular flexibility index (Phi) is 7.26. The van der Waals surface area contributed by atoms with E-state index in [1.165, 1.54) is 7.11 Å². The number of hydrogen-bond acceptors (Lipinski definition) is 8. The summed E-state index contributed by atoms with van der Waals surface area (Å²) in [5.41, 5.74) is 0. The van der Waals surface area contributed by atoms with Gasteiger partial charge in [0.05, 0.1) is 14.2 Å². The Balaban J connectivity index is 4.38. The second kappa shape index (κ2) is 7.86. The van der Waals surface area contributed by atoms with Gasteiger partial charge in [-0.05, 0) is 0 Å². The Morgan fingerprint density at radius 2 is 1.67 bits per heavy atom. The fourth-order valence-electron chi connectivity index (χ4n) is 0.731. The van der Waals surface area contributed by atoms with Crippen LogP contribution < -0.4 is 0 Å². The van der Waals surface area contributed by atoms with E-state index >= 15 is 0 Å². The van der Waals surface area contributed by atoms with Crippen LogP contribution in [0.5, 0.6) is 0 Å². The fourth-order valence-corrected chi connectivity index (χ4v) is 1.61. The van der Waals surface area contributed by atoms with Crippen LogP contribution in [0.15, 0.2) is 12.3 Å². The molecule has 0 aliphatic rings. The molecule has 0 aromatic heterocycles. The van der Waals surface area contributed by atoms with Crippen LogP contribution in [0.1, 0.15) is 6.42 Å². The molecule has 0 heterocycles. The van der Waals surface area contributed by atoms with Gasteiger partial charge in [-0.15, -0.1) is 0 Å². The zero-order chi connectivity index (χ0) is 14.2. The molecule has 0 aliphatic carbocycles. The molecule has 1 atom stereocenters. The summed E-state index contributed by atoms with van der Waals surface area (Å²) in [4.78, 5) is 21.7. The van der Waals surface area contributed by atoms with Crippen LogP contribution in [-0.4, -0.2) is 39.9 Å². The lowest BCUT2D eigenvalue weighted by Gasteiger charge is -2.16. The molecular formula is C9H15O8P. The maximum atomic E-state index is 11.8. The number of esters is 2. The van der Waals surface area contributed by atoms with Gasteiger partial charge in [0.2, 0.25) is 0 Å². The molecule has 0 aliphatic heterocycles. The van der Waals surface area contributed by atoms with Crippen LogP contribution in [0.25, 0.3) is 0 Å². The van der Waals surface area contributed by atoms with E-state index < -0.39 is 26.4 Å². The van der Waals surface area contributed by atoms with Crippen molar-refractivity contribution in [3.05, 3.63) is 12.3 Å². The highest BCUT2D eigenvalue weighted by Gasteiger charge is 2.29. The molecule has 8 nitrogen and oxygen atoms in total. The fraction of sp³-hybridized carbons (Fsp3) is 0.556. The average molecular weight is 282 g/mol. The Morgan fingerprint density at radius 1 is 1.11 bits per heavy atom. The van der Waals surface area contributed by atoms with Gasteiger partial charge >= 0.3 is 19.8 Å². The van der Waals surface area contributed by atoms with Crippen molar-refractivity contribution in [2.24, 2.45) is 0 Å². The van der Waals surface area contributed by atoms with E-state index in [9.17, 15) is 14.2 Å². The molecule has 0 amide bonds. The zero-order valence-corrected chi connectivity index (χ0v) is 11.2. The number of rotatable bonds is 8. The Hall–Kier alpha value is -1.37. The minimum Gasteiger partial charge on any atom is -0.469 e. The molecule has 0 N–H and O–H groups in total. The van der Waals surface area contributed by atoms with E-state index in [-0.39, 0.29) is 12.2 Å². The summed E-state index contributed by atoms with van der Waals surface area (Å²) in [6.45, 7) is 2.73. The summed E-state index contributed by atoms with van der Waals surface area (Å²) in [6.07, 6.45) is -0.314. The van der Waals surface area contributed by atoms with Gasteiger partial charge in [-0.2, -0.15) is 0 Å². The second-order valence-corrected chi connectivity index (χ2v) is 4.56. The van der Waals surface area contributed by atoms with Crippen molar-refractivity contribution in [2.45, 2.75) is 6.42 Å². The van der Waals surface area contributed by atoms with Crippen molar-refractivity contribution < 1.29 is 37.2 Å². The maximum absolute atomic E-state index is 11.8. The van der Waals surface area contributed by atoms with Crippen LogP contribution in [-0.2, 0) is 37.2 Å². The topological polar surface area (TPSA) is 97.4 Å². The molecular weight excluding hydrogens is 267 g/mol. The van der Waals surface area contributed by atoms with Gasteiger partial charge in [-0.25, -0.2) is 9.36 Å². The first-order valence-corrected chi connectivity index (χ1v) is 6.14. The van der Waals surface area contributed by atoms with E-state index in [1.54, 1.807) is 0 Å². The first-order chi connectivity index (χ1) is 8.36. The van der Waals surface area contributed by atoms with Gasteiger partial charge in [0, 0.05) is 7.11 Å². The summed E-state index contributed by atoms with van der Waals surface area (Å²) >= 11 is 0. The second-order valence-electron chi connectivity index (χ2n) is 2.86. The molecule has 9 heteroatoms. The average Bonchev–Trinajstić information content (AvgIpc) is 2.35. The number of phosphoric ester groups is 1. The number of carbonyl (C=O) groups is 2. The van der Waals surface area contributed by atoms with Crippen LogP contribution >= 0.6 is 7.82 Å². The molecule has 0 aromatic rings. The van der Waals surface area contributed by atoms with Gasteiger partial charge in [0.25, 0.3) is 0 Å². The largest absolute Gasteiger partial charge is 0.530 e. The molecule has 0 bridgehead atoms. The Labute approximate surface area is 104 Å².